The van der Waals surface area contributed by atoms with Gasteiger partial charge < -0.3 is 10.5 Å². The van der Waals surface area contributed by atoms with E-state index in [-0.39, 0.29) is 22.9 Å². The molecule has 0 amide bonds. The van der Waals surface area contributed by atoms with E-state index >= 15 is 0 Å². The van der Waals surface area contributed by atoms with Crippen molar-refractivity contribution in [1.82, 2.24) is 14.1 Å². The zero-order chi connectivity index (χ0) is 14.2. The Bertz CT molecular complexity index is 544. The van der Waals surface area contributed by atoms with E-state index in [0.717, 1.165) is 0 Å². The second kappa shape index (κ2) is 5.10. The van der Waals surface area contributed by atoms with Crippen LogP contribution in [0.3, 0.4) is 0 Å². The quantitative estimate of drug-likeness (QED) is 0.863. The number of aromatic nitrogens is 2. The number of nitrogens with two attached hydrogens (primary N) is 1. The molecule has 1 fully saturated rings. The average Bonchev–Trinajstić information content (AvgIpc) is 2.70. The van der Waals surface area contributed by atoms with Gasteiger partial charge in [-0.05, 0) is 20.8 Å². The van der Waals surface area contributed by atoms with Crippen molar-refractivity contribution in [3.63, 3.8) is 0 Å². The molecule has 1 saturated heterocycles. The van der Waals surface area contributed by atoms with Crippen LogP contribution in [0.1, 0.15) is 20.8 Å². The van der Waals surface area contributed by atoms with E-state index in [1.54, 1.807) is 0 Å². The third-order valence-corrected chi connectivity index (χ3v) is 4.93. The molecule has 0 bridgehead atoms. The lowest BCUT2D eigenvalue weighted by molar-refractivity contribution is -0.0440. The Kier molecular flexibility index (Phi) is 3.84. The fourth-order valence-corrected chi connectivity index (χ4v) is 3.90. The van der Waals surface area contributed by atoms with Crippen LogP contribution in [-0.2, 0) is 21.3 Å². The average molecular weight is 288 g/mol. The first-order chi connectivity index (χ1) is 8.84. The largest absolute Gasteiger partial charge is 0.381 e. The summed E-state index contributed by atoms with van der Waals surface area (Å²) in [6.45, 7) is 6.85. The minimum atomic E-state index is -3.60. The van der Waals surface area contributed by atoms with Crippen LogP contribution in [0.4, 0.5) is 5.82 Å². The van der Waals surface area contributed by atoms with E-state index in [0.29, 0.717) is 19.6 Å². The highest BCUT2D eigenvalue weighted by molar-refractivity contribution is 7.89. The molecule has 0 saturated carbocycles. The predicted molar refractivity (Wildman–Crippen MR) is 71.1 cm³/mol. The lowest BCUT2D eigenvalue weighted by atomic mass is 10.3. The summed E-state index contributed by atoms with van der Waals surface area (Å²) in [5.41, 5.74) is 5.71. The molecular formula is C11H20N4O3S. The minimum Gasteiger partial charge on any atom is -0.381 e. The van der Waals surface area contributed by atoms with Crippen molar-refractivity contribution in [1.29, 1.82) is 0 Å². The van der Waals surface area contributed by atoms with Crippen LogP contribution in [0, 0.1) is 0 Å². The zero-order valence-corrected chi connectivity index (χ0v) is 12.2. The van der Waals surface area contributed by atoms with Gasteiger partial charge in [-0.15, -0.1) is 0 Å². The fourth-order valence-electron chi connectivity index (χ4n) is 2.24. The van der Waals surface area contributed by atoms with E-state index in [9.17, 15) is 8.42 Å². The monoisotopic (exact) mass is 288 g/mol. The minimum absolute atomic E-state index is 0.0497. The third-order valence-electron chi connectivity index (χ3n) is 3.08. The lowest BCUT2D eigenvalue weighted by Gasteiger charge is -2.34. The van der Waals surface area contributed by atoms with Crippen LogP contribution in [0.15, 0.2) is 11.1 Å². The van der Waals surface area contributed by atoms with E-state index in [2.05, 4.69) is 5.10 Å². The van der Waals surface area contributed by atoms with Crippen LogP contribution in [0.2, 0.25) is 0 Å². The Morgan fingerprint density at radius 1 is 1.42 bits per heavy atom. The number of sulfonamides is 1. The molecule has 0 unspecified atom stereocenters. The van der Waals surface area contributed by atoms with E-state index < -0.39 is 10.0 Å². The first-order valence-corrected chi connectivity index (χ1v) is 7.77. The Morgan fingerprint density at radius 3 is 2.47 bits per heavy atom. The molecule has 2 atom stereocenters. The molecule has 2 heterocycles. The summed E-state index contributed by atoms with van der Waals surface area (Å²) in [6.07, 6.45) is 1.23. The van der Waals surface area contributed by atoms with Crippen molar-refractivity contribution >= 4 is 15.8 Å². The molecule has 0 radical (unpaired) electrons. The van der Waals surface area contributed by atoms with E-state index in [4.69, 9.17) is 10.5 Å². The molecule has 2 N–H and O–H groups in total. The molecule has 19 heavy (non-hydrogen) atoms. The second-order valence-electron chi connectivity index (χ2n) is 4.81. The Hall–Kier alpha value is -1.12. The Balaban J connectivity index is 2.33. The van der Waals surface area contributed by atoms with Crippen molar-refractivity contribution in [3.8, 4) is 0 Å². The fraction of sp³-hybridized carbons (Fsp3) is 0.727. The first-order valence-electron chi connectivity index (χ1n) is 6.33. The van der Waals surface area contributed by atoms with Crippen molar-refractivity contribution in [2.24, 2.45) is 0 Å². The van der Waals surface area contributed by atoms with E-state index in [1.807, 2.05) is 20.8 Å². The lowest BCUT2D eigenvalue weighted by Crippen LogP contribution is -2.48. The highest BCUT2D eigenvalue weighted by atomic mass is 32.2. The highest BCUT2D eigenvalue weighted by Crippen LogP contribution is 2.24. The van der Waals surface area contributed by atoms with Gasteiger partial charge in [0.2, 0.25) is 10.0 Å². The maximum absolute atomic E-state index is 12.6. The number of nitrogens with zero attached hydrogens (tertiary/aromatic N) is 3. The summed E-state index contributed by atoms with van der Waals surface area (Å²) in [5.74, 6) is 0.0497. The normalized spacial score (nSPS) is 25.6. The van der Waals surface area contributed by atoms with Crippen molar-refractivity contribution in [3.05, 3.63) is 6.20 Å². The summed E-state index contributed by atoms with van der Waals surface area (Å²) in [6, 6.07) is 0. The maximum atomic E-state index is 12.6. The smallest absolute Gasteiger partial charge is 0.248 e. The van der Waals surface area contributed by atoms with Gasteiger partial charge in [0.15, 0.2) is 5.82 Å². The van der Waals surface area contributed by atoms with Crippen LogP contribution in [-0.4, -0.2) is 47.8 Å². The van der Waals surface area contributed by atoms with Gasteiger partial charge in [-0.1, -0.05) is 0 Å². The topological polar surface area (TPSA) is 90.5 Å². The van der Waals surface area contributed by atoms with Gasteiger partial charge in [0.1, 0.15) is 4.90 Å². The van der Waals surface area contributed by atoms with Gasteiger partial charge in [0.25, 0.3) is 0 Å². The Morgan fingerprint density at radius 2 is 2.00 bits per heavy atom. The highest BCUT2D eigenvalue weighted by Gasteiger charge is 2.34. The van der Waals surface area contributed by atoms with Crippen molar-refractivity contribution < 1.29 is 13.2 Å². The standard InChI is InChI=1S/C11H20N4O3S/c1-4-14-7-10(11(12)13-14)19(16,17)15-5-8(2)18-9(3)6-15/h7-9H,4-6H2,1-3H3,(H2,12,13)/t8-,9+. The molecule has 2 rings (SSSR count). The third kappa shape index (κ3) is 2.75. The van der Waals surface area contributed by atoms with Crippen LogP contribution in [0.25, 0.3) is 0 Å². The zero-order valence-electron chi connectivity index (χ0n) is 11.4. The predicted octanol–water partition coefficient (Wildman–Crippen LogP) is 0.283. The van der Waals surface area contributed by atoms with Crippen molar-refractivity contribution in [2.75, 3.05) is 18.8 Å². The van der Waals surface area contributed by atoms with Crippen molar-refractivity contribution in [2.45, 2.75) is 44.4 Å². The molecule has 1 aromatic rings. The van der Waals surface area contributed by atoms with Gasteiger partial charge in [-0.3, -0.25) is 4.68 Å². The molecule has 0 aliphatic carbocycles. The molecule has 7 nitrogen and oxygen atoms in total. The summed E-state index contributed by atoms with van der Waals surface area (Å²) in [7, 11) is -3.60. The van der Waals surface area contributed by atoms with Crippen LogP contribution in [0.5, 0.6) is 0 Å². The molecule has 8 heteroatoms. The molecule has 108 valence electrons. The SMILES string of the molecule is CCn1cc(S(=O)(=O)N2C[C@@H](C)O[C@@H](C)C2)c(N)n1. The number of hydrogen-bond donors (Lipinski definition) is 1. The molecule has 1 aliphatic heterocycles. The van der Waals surface area contributed by atoms with Gasteiger partial charge in [0, 0.05) is 25.8 Å². The molecule has 1 aliphatic rings. The number of morpholine rings is 1. The summed E-state index contributed by atoms with van der Waals surface area (Å²) < 4.78 is 33.6. The van der Waals surface area contributed by atoms with Gasteiger partial charge >= 0.3 is 0 Å². The number of aryl methyl sites for hydroxylation is 1. The molecular weight excluding hydrogens is 268 g/mol. The number of rotatable bonds is 3. The Labute approximate surface area is 113 Å². The molecule has 1 aromatic heterocycles. The number of nitrogen functional groups attached to an aromatic ring is 1. The summed E-state index contributed by atoms with van der Waals surface area (Å²) >= 11 is 0. The number of ether oxygens (including phenoxy) is 1. The molecule has 0 spiro atoms. The summed E-state index contributed by atoms with van der Waals surface area (Å²) in [5, 5.41) is 3.99. The van der Waals surface area contributed by atoms with Crippen LogP contribution < -0.4 is 5.73 Å². The van der Waals surface area contributed by atoms with Gasteiger partial charge in [0.05, 0.1) is 12.2 Å². The number of anilines is 1. The number of hydrogen-bond acceptors (Lipinski definition) is 5. The van der Waals surface area contributed by atoms with Crippen LogP contribution >= 0.6 is 0 Å². The first kappa shape index (κ1) is 14.3. The maximum Gasteiger partial charge on any atom is 0.248 e. The second-order valence-corrected chi connectivity index (χ2v) is 6.72. The summed E-state index contributed by atoms with van der Waals surface area (Å²) in [4.78, 5) is 0.0793. The van der Waals surface area contributed by atoms with Gasteiger partial charge in [-0.25, -0.2) is 8.42 Å². The van der Waals surface area contributed by atoms with Gasteiger partial charge in [-0.2, -0.15) is 9.40 Å². The molecule has 0 aromatic carbocycles. The van der Waals surface area contributed by atoms with E-state index in [1.165, 1.54) is 15.2 Å².